The molecule has 2 unspecified atom stereocenters. The first kappa shape index (κ1) is 13.8. The molecule has 0 saturated heterocycles. The van der Waals surface area contributed by atoms with Crippen molar-refractivity contribution in [2.75, 3.05) is 12.4 Å². The van der Waals surface area contributed by atoms with Crippen molar-refractivity contribution in [2.24, 2.45) is 5.92 Å². The molecule has 0 heterocycles. The molecule has 0 aliphatic rings. The number of aliphatic hydroxyl groups excluding tert-OH is 1. The van der Waals surface area contributed by atoms with Crippen LogP contribution in [0.25, 0.3) is 0 Å². The molecule has 4 heteroatoms. The maximum absolute atomic E-state index is 11.4. The van der Waals surface area contributed by atoms with Crippen molar-refractivity contribution >= 4 is 17.7 Å². The summed E-state index contributed by atoms with van der Waals surface area (Å²) < 4.78 is 0. The van der Waals surface area contributed by atoms with Gasteiger partial charge in [0.05, 0.1) is 5.75 Å². The second-order valence-electron chi connectivity index (χ2n) is 3.88. The largest absolute Gasteiger partial charge is 0.396 e. The minimum Gasteiger partial charge on any atom is -0.396 e. The van der Waals surface area contributed by atoms with Crippen LogP contribution in [0, 0.1) is 5.92 Å². The Bertz CT molecular complexity index is 174. The number of carbonyl (C=O) groups excluding carboxylic acids is 1. The van der Waals surface area contributed by atoms with Crippen molar-refractivity contribution in [1.82, 2.24) is 5.32 Å². The zero-order valence-corrected chi connectivity index (χ0v) is 10.2. The van der Waals surface area contributed by atoms with Crippen molar-refractivity contribution in [3.05, 3.63) is 0 Å². The molecule has 0 spiro atoms. The van der Waals surface area contributed by atoms with E-state index in [4.69, 9.17) is 5.11 Å². The van der Waals surface area contributed by atoms with Gasteiger partial charge in [0, 0.05) is 12.6 Å². The van der Waals surface area contributed by atoms with Gasteiger partial charge in [0.15, 0.2) is 0 Å². The molecular formula is C10H21NO2S. The minimum absolute atomic E-state index is 0.0419. The normalized spacial score (nSPS) is 15.3. The van der Waals surface area contributed by atoms with Gasteiger partial charge >= 0.3 is 0 Å². The van der Waals surface area contributed by atoms with Gasteiger partial charge in [-0.25, -0.2) is 0 Å². The van der Waals surface area contributed by atoms with Gasteiger partial charge in [-0.1, -0.05) is 20.8 Å². The molecule has 2 N–H and O–H groups in total. The van der Waals surface area contributed by atoms with Crippen molar-refractivity contribution in [1.29, 1.82) is 0 Å². The van der Waals surface area contributed by atoms with Crippen LogP contribution in [-0.4, -0.2) is 34.7 Å². The van der Waals surface area contributed by atoms with Gasteiger partial charge in [-0.2, -0.15) is 0 Å². The number of hydrogen-bond acceptors (Lipinski definition) is 3. The van der Waals surface area contributed by atoms with Crippen LogP contribution >= 0.6 is 11.8 Å². The molecule has 0 fully saturated rings. The Labute approximate surface area is 90.7 Å². The summed E-state index contributed by atoms with van der Waals surface area (Å²) in [5.41, 5.74) is 0. The average Bonchev–Trinajstić information content (AvgIpc) is 2.13. The minimum atomic E-state index is 0.0419. The van der Waals surface area contributed by atoms with E-state index in [-0.39, 0.29) is 24.5 Å². The van der Waals surface area contributed by atoms with Gasteiger partial charge < -0.3 is 10.4 Å². The van der Waals surface area contributed by atoms with Gasteiger partial charge in [0.2, 0.25) is 5.91 Å². The molecular weight excluding hydrogens is 198 g/mol. The molecule has 14 heavy (non-hydrogen) atoms. The van der Waals surface area contributed by atoms with Gasteiger partial charge in [0.1, 0.15) is 0 Å². The van der Waals surface area contributed by atoms with E-state index in [0.29, 0.717) is 11.0 Å². The first-order chi connectivity index (χ1) is 6.47. The van der Waals surface area contributed by atoms with E-state index in [1.54, 1.807) is 11.8 Å². The SMILES string of the molecule is CC(C)SCC(=O)NC(C)C(C)CO. The predicted octanol–water partition coefficient (Wildman–Crippen LogP) is 1.26. The monoisotopic (exact) mass is 219 g/mol. The zero-order valence-electron chi connectivity index (χ0n) is 9.41. The van der Waals surface area contributed by atoms with Crippen LogP contribution in [0.5, 0.6) is 0 Å². The second-order valence-corrected chi connectivity index (χ2v) is 5.44. The molecule has 0 aromatic rings. The molecule has 2 atom stereocenters. The van der Waals surface area contributed by atoms with Crippen LogP contribution in [0.15, 0.2) is 0 Å². The van der Waals surface area contributed by atoms with E-state index >= 15 is 0 Å². The summed E-state index contributed by atoms with van der Waals surface area (Å²) in [6, 6.07) is 0.0419. The standard InChI is InChI=1S/C10H21NO2S/c1-7(2)14-6-10(13)11-9(4)8(3)5-12/h7-9,12H,5-6H2,1-4H3,(H,11,13). The Morgan fingerprint density at radius 2 is 1.93 bits per heavy atom. The van der Waals surface area contributed by atoms with Crippen LogP contribution < -0.4 is 5.32 Å². The molecule has 0 bridgehead atoms. The molecule has 3 nitrogen and oxygen atoms in total. The van der Waals surface area contributed by atoms with Crippen LogP contribution in [0.1, 0.15) is 27.7 Å². The van der Waals surface area contributed by atoms with Gasteiger partial charge in [-0.05, 0) is 18.1 Å². The molecule has 84 valence electrons. The average molecular weight is 219 g/mol. The lowest BCUT2D eigenvalue weighted by Gasteiger charge is -2.19. The molecule has 0 saturated carbocycles. The van der Waals surface area contributed by atoms with Gasteiger partial charge in [0.25, 0.3) is 0 Å². The molecule has 0 aromatic heterocycles. The summed E-state index contributed by atoms with van der Waals surface area (Å²) in [6.07, 6.45) is 0. The quantitative estimate of drug-likeness (QED) is 0.707. The maximum Gasteiger partial charge on any atom is 0.230 e. The molecule has 1 amide bonds. The van der Waals surface area contributed by atoms with Gasteiger partial charge in [-0.3, -0.25) is 4.79 Å². The topological polar surface area (TPSA) is 49.3 Å². The van der Waals surface area contributed by atoms with E-state index in [2.05, 4.69) is 19.2 Å². The highest BCUT2D eigenvalue weighted by Crippen LogP contribution is 2.08. The molecule has 0 aliphatic heterocycles. The molecule has 0 rings (SSSR count). The number of nitrogens with one attached hydrogen (secondary N) is 1. The molecule has 0 aromatic carbocycles. The van der Waals surface area contributed by atoms with E-state index in [1.807, 2.05) is 13.8 Å². The highest BCUT2D eigenvalue weighted by Gasteiger charge is 2.13. The first-order valence-electron chi connectivity index (χ1n) is 4.99. The van der Waals surface area contributed by atoms with Crippen LogP contribution in [0.4, 0.5) is 0 Å². The summed E-state index contributed by atoms with van der Waals surface area (Å²) in [5, 5.41) is 12.2. The summed E-state index contributed by atoms with van der Waals surface area (Å²) >= 11 is 1.63. The Morgan fingerprint density at radius 1 is 1.36 bits per heavy atom. The summed E-state index contributed by atoms with van der Waals surface area (Å²) in [7, 11) is 0. The summed E-state index contributed by atoms with van der Waals surface area (Å²) in [5.74, 6) is 0.666. The highest BCUT2D eigenvalue weighted by atomic mass is 32.2. The zero-order chi connectivity index (χ0) is 11.1. The van der Waals surface area contributed by atoms with Crippen molar-refractivity contribution in [3.63, 3.8) is 0 Å². The van der Waals surface area contributed by atoms with Crippen molar-refractivity contribution in [2.45, 2.75) is 39.0 Å². The van der Waals surface area contributed by atoms with Crippen molar-refractivity contribution in [3.8, 4) is 0 Å². The van der Waals surface area contributed by atoms with E-state index in [9.17, 15) is 4.79 Å². The number of rotatable bonds is 6. The fourth-order valence-electron chi connectivity index (χ4n) is 0.838. The second kappa shape index (κ2) is 7.12. The number of thioether (sulfide) groups is 1. The van der Waals surface area contributed by atoms with Gasteiger partial charge in [-0.15, -0.1) is 11.8 Å². The van der Waals surface area contributed by atoms with E-state index in [1.165, 1.54) is 0 Å². The fourth-order valence-corrected chi connectivity index (χ4v) is 1.41. The van der Waals surface area contributed by atoms with Crippen LogP contribution in [0.2, 0.25) is 0 Å². The first-order valence-corrected chi connectivity index (χ1v) is 6.04. The Morgan fingerprint density at radius 3 is 2.36 bits per heavy atom. The van der Waals surface area contributed by atoms with E-state index < -0.39 is 0 Å². The Kier molecular flexibility index (Phi) is 7.01. The molecule has 0 aliphatic carbocycles. The summed E-state index contributed by atoms with van der Waals surface area (Å²) in [6.45, 7) is 8.08. The lowest BCUT2D eigenvalue weighted by atomic mass is 10.1. The lowest BCUT2D eigenvalue weighted by Crippen LogP contribution is -2.39. The maximum atomic E-state index is 11.4. The number of aliphatic hydroxyl groups is 1. The third kappa shape index (κ3) is 6.27. The van der Waals surface area contributed by atoms with Crippen LogP contribution in [0.3, 0.4) is 0 Å². The van der Waals surface area contributed by atoms with E-state index in [0.717, 1.165) is 0 Å². The smallest absolute Gasteiger partial charge is 0.230 e. The third-order valence-electron chi connectivity index (χ3n) is 2.08. The lowest BCUT2D eigenvalue weighted by molar-refractivity contribution is -0.119. The Hall–Kier alpha value is -0.220. The van der Waals surface area contributed by atoms with Crippen LogP contribution in [-0.2, 0) is 4.79 Å². The number of hydrogen-bond donors (Lipinski definition) is 2. The third-order valence-corrected chi connectivity index (χ3v) is 3.17. The Balaban J connectivity index is 3.71. The fraction of sp³-hybridized carbons (Fsp3) is 0.900. The highest BCUT2D eigenvalue weighted by molar-refractivity contribution is 8.00. The number of amides is 1. The van der Waals surface area contributed by atoms with Crippen molar-refractivity contribution < 1.29 is 9.90 Å². The predicted molar refractivity (Wildman–Crippen MR) is 61.4 cm³/mol. The summed E-state index contributed by atoms with van der Waals surface area (Å²) in [4.78, 5) is 11.4. The number of carbonyl (C=O) groups is 1. The molecule has 0 radical (unpaired) electrons.